The van der Waals surface area contributed by atoms with Crippen LogP contribution in [0.25, 0.3) is 0 Å². The molecule has 0 bridgehead atoms. The number of fused-ring (bicyclic) bond motifs is 1. The Morgan fingerprint density at radius 2 is 2.21 bits per heavy atom. The van der Waals surface area contributed by atoms with Gasteiger partial charge in [-0.3, -0.25) is 4.79 Å². The van der Waals surface area contributed by atoms with Crippen molar-refractivity contribution in [3.63, 3.8) is 0 Å². The van der Waals surface area contributed by atoms with E-state index in [0.717, 1.165) is 44.6 Å². The quantitative estimate of drug-likeness (QED) is 0.781. The molecule has 1 aromatic carbocycles. The van der Waals surface area contributed by atoms with Gasteiger partial charge in [-0.2, -0.15) is 0 Å². The second kappa shape index (κ2) is 5.17. The molecule has 2 aliphatic heterocycles. The van der Waals surface area contributed by atoms with E-state index >= 15 is 0 Å². The zero-order chi connectivity index (χ0) is 13.2. The highest BCUT2D eigenvalue weighted by Crippen LogP contribution is 2.18. The summed E-state index contributed by atoms with van der Waals surface area (Å²) in [6.45, 7) is 5.63. The van der Waals surface area contributed by atoms with Crippen LogP contribution < -0.4 is 5.32 Å². The maximum absolute atomic E-state index is 12.5. The molecule has 0 fully saturated rings. The van der Waals surface area contributed by atoms with E-state index in [1.165, 1.54) is 16.7 Å². The summed E-state index contributed by atoms with van der Waals surface area (Å²) in [7, 11) is 0. The van der Waals surface area contributed by atoms with Gasteiger partial charge in [-0.25, -0.2) is 0 Å². The Morgan fingerprint density at radius 3 is 3.05 bits per heavy atom. The molecule has 0 saturated carbocycles. The number of carbonyl (C=O) groups excluding carboxylic acids is 1. The Balaban J connectivity index is 1.82. The minimum atomic E-state index is 0.167. The van der Waals surface area contributed by atoms with Crippen molar-refractivity contribution in [2.24, 2.45) is 0 Å². The first-order valence-electron chi connectivity index (χ1n) is 7.01. The highest BCUT2D eigenvalue weighted by atomic mass is 16.2. The van der Waals surface area contributed by atoms with Gasteiger partial charge in [-0.15, -0.1) is 0 Å². The summed E-state index contributed by atoms with van der Waals surface area (Å²) < 4.78 is 0. The molecular weight excluding hydrogens is 236 g/mol. The van der Waals surface area contributed by atoms with Crippen LogP contribution in [0, 0.1) is 0 Å². The third-order valence-electron chi connectivity index (χ3n) is 3.96. The van der Waals surface area contributed by atoms with Crippen molar-refractivity contribution < 1.29 is 4.79 Å². The second-order valence-electron chi connectivity index (χ2n) is 5.48. The lowest BCUT2D eigenvalue weighted by Gasteiger charge is -2.27. The normalized spacial score (nSPS) is 18.8. The predicted octanol–water partition coefficient (Wildman–Crippen LogP) is 2.12. The fraction of sp³-hybridized carbons (Fsp3) is 0.438. The second-order valence-corrected chi connectivity index (χ2v) is 5.48. The van der Waals surface area contributed by atoms with Gasteiger partial charge < -0.3 is 10.2 Å². The smallest absolute Gasteiger partial charge is 0.254 e. The van der Waals surface area contributed by atoms with Crippen LogP contribution in [0.15, 0.2) is 29.8 Å². The van der Waals surface area contributed by atoms with Crippen LogP contribution in [0.2, 0.25) is 0 Å². The van der Waals surface area contributed by atoms with Crippen LogP contribution in [0.4, 0.5) is 0 Å². The first-order valence-corrected chi connectivity index (χ1v) is 7.01. The zero-order valence-corrected chi connectivity index (χ0v) is 11.4. The Labute approximate surface area is 114 Å². The minimum absolute atomic E-state index is 0.167. The van der Waals surface area contributed by atoms with Gasteiger partial charge in [0.2, 0.25) is 0 Å². The largest absolute Gasteiger partial charge is 0.334 e. The molecule has 19 heavy (non-hydrogen) atoms. The molecule has 2 heterocycles. The molecule has 1 aromatic rings. The third-order valence-corrected chi connectivity index (χ3v) is 3.96. The summed E-state index contributed by atoms with van der Waals surface area (Å²) in [6, 6.07) is 6.17. The SMILES string of the molecule is CC1=CCCN(C(=O)c2ccc3c(c2)CNCC3)C1. The molecule has 0 saturated heterocycles. The van der Waals surface area contributed by atoms with Crippen molar-refractivity contribution >= 4 is 5.91 Å². The maximum Gasteiger partial charge on any atom is 0.254 e. The number of nitrogens with one attached hydrogen (secondary N) is 1. The van der Waals surface area contributed by atoms with Crippen molar-refractivity contribution in [2.45, 2.75) is 26.3 Å². The van der Waals surface area contributed by atoms with Crippen molar-refractivity contribution in [3.8, 4) is 0 Å². The molecule has 3 rings (SSSR count). The number of hydrogen-bond acceptors (Lipinski definition) is 2. The number of rotatable bonds is 1. The molecule has 0 unspecified atom stereocenters. The molecule has 2 aliphatic rings. The van der Waals surface area contributed by atoms with E-state index in [9.17, 15) is 4.79 Å². The lowest BCUT2D eigenvalue weighted by Crippen LogP contribution is -2.35. The first kappa shape index (κ1) is 12.4. The highest BCUT2D eigenvalue weighted by Gasteiger charge is 2.19. The Morgan fingerprint density at radius 1 is 1.32 bits per heavy atom. The zero-order valence-electron chi connectivity index (χ0n) is 11.4. The number of carbonyl (C=O) groups is 1. The lowest BCUT2D eigenvalue weighted by molar-refractivity contribution is 0.0766. The average Bonchev–Trinajstić information content (AvgIpc) is 2.46. The van der Waals surface area contributed by atoms with Gasteiger partial charge in [0.1, 0.15) is 0 Å². The summed E-state index contributed by atoms with van der Waals surface area (Å²) in [5.41, 5.74) is 4.78. The maximum atomic E-state index is 12.5. The van der Waals surface area contributed by atoms with E-state index in [1.807, 2.05) is 11.0 Å². The summed E-state index contributed by atoms with van der Waals surface area (Å²) in [6.07, 6.45) is 4.26. The van der Waals surface area contributed by atoms with Crippen molar-refractivity contribution in [1.82, 2.24) is 10.2 Å². The molecule has 3 heteroatoms. The predicted molar refractivity (Wildman–Crippen MR) is 76.1 cm³/mol. The number of nitrogens with zero attached hydrogens (tertiary/aromatic N) is 1. The molecule has 0 spiro atoms. The van der Waals surface area contributed by atoms with Gasteiger partial charge in [0, 0.05) is 25.2 Å². The summed E-state index contributed by atoms with van der Waals surface area (Å²) in [4.78, 5) is 14.5. The van der Waals surface area contributed by atoms with Crippen molar-refractivity contribution in [3.05, 3.63) is 46.5 Å². The fourth-order valence-electron chi connectivity index (χ4n) is 2.88. The molecule has 0 radical (unpaired) electrons. The Bertz CT molecular complexity index is 534. The molecule has 1 amide bonds. The van der Waals surface area contributed by atoms with Gasteiger partial charge >= 0.3 is 0 Å². The standard InChI is InChI=1S/C16H20N2O/c1-12-3-2-8-18(11-12)16(19)14-5-4-13-6-7-17-10-15(13)9-14/h3-5,9,17H,2,6-8,10-11H2,1H3. The van der Waals surface area contributed by atoms with E-state index in [0.29, 0.717) is 0 Å². The van der Waals surface area contributed by atoms with Crippen molar-refractivity contribution in [2.75, 3.05) is 19.6 Å². The monoisotopic (exact) mass is 256 g/mol. The summed E-state index contributed by atoms with van der Waals surface area (Å²) >= 11 is 0. The number of benzene rings is 1. The number of hydrogen-bond donors (Lipinski definition) is 1. The molecule has 0 atom stereocenters. The van der Waals surface area contributed by atoms with Crippen LogP contribution in [0.3, 0.4) is 0 Å². The molecule has 0 aromatic heterocycles. The molecular formula is C16H20N2O. The van der Waals surface area contributed by atoms with Gasteiger partial charge in [0.05, 0.1) is 0 Å². The fourth-order valence-corrected chi connectivity index (χ4v) is 2.88. The molecule has 100 valence electrons. The molecule has 0 aliphatic carbocycles. The van der Waals surface area contributed by atoms with E-state index in [-0.39, 0.29) is 5.91 Å². The van der Waals surface area contributed by atoms with Gasteiger partial charge in [0.25, 0.3) is 5.91 Å². The van der Waals surface area contributed by atoms with Crippen LogP contribution in [0.1, 0.15) is 34.8 Å². The van der Waals surface area contributed by atoms with Gasteiger partial charge in [-0.1, -0.05) is 17.7 Å². The Hall–Kier alpha value is -1.61. The minimum Gasteiger partial charge on any atom is -0.334 e. The molecule has 1 N–H and O–H groups in total. The van der Waals surface area contributed by atoms with Crippen LogP contribution >= 0.6 is 0 Å². The van der Waals surface area contributed by atoms with E-state index in [4.69, 9.17) is 0 Å². The third kappa shape index (κ3) is 2.56. The first-order chi connectivity index (χ1) is 9.24. The Kier molecular flexibility index (Phi) is 3.38. The summed E-state index contributed by atoms with van der Waals surface area (Å²) in [5, 5.41) is 3.36. The van der Waals surface area contributed by atoms with E-state index in [1.54, 1.807) is 0 Å². The lowest BCUT2D eigenvalue weighted by atomic mass is 9.98. The van der Waals surface area contributed by atoms with Crippen LogP contribution in [-0.2, 0) is 13.0 Å². The topological polar surface area (TPSA) is 32.3 Å². The average molecular weight is 256 g/mol. The van der Waals surface area contributed by atoms with Crippen LogP contribution in [0.5, 0.6) is 0 Å². The molecule has 3 nitrogen and oxygen atoms in total. The van der Waals surface area contributed by atoms with Gasteiger partial charge in [-0.05, 0) is 49.6 Å². The van der Waals surface area contributed by atoms with Gasteiger partial charge in [0.15, 0.2) is 0 Å². The number of amides is 1. The summed E-state index contributed by atoms with van der Waals surface area (Å²) in [5.74, 6) is 0.167. The van der Waals surface area contributed by atoms with E-state index in [2.05, 4.69) is 30.4 Å². The highest BCUT2D eigenvalue weighted by molar-refractivity contribution is 5.94. The van der Waals surface area contributed by atoms with E-state index < -0.39 is 0 Å². The van der Waals surface area contributed by atoms with Crippen LogP contribution in [-0.4, -0.2) is 30.4 Å². The van der Waals surface area contributed by atoms with Crippen molar-refractivity contribution in [1.29, 1.82) is 0 Å².